The lowest BCUT2D eigenvalue weighted by molar-refractivity contribution is -0.336. The number of anilines is 1. The molecule has 1 aliphatic rings. The number of allylic oxidation sites excluding steroid dienone is 1. The summed E-state index contributed by atoms with van der Waals surface area (Å²) in [6.07, 6.45) is -0.0443. The normalized spacial score (nSPS) is 15.5. The van der Waals surface area contributed by atoms with Crippen molar-refractivity contribution >= 4 is 29.3 Å². The maximum atomic E-state index is 13.5. The van der Waals surface area contributed by atoms with E-state index in [9.17, 15) is 35.5 Å². The number of hydrazine groups is 1. The molecule has 0 fully saturated rings. The Bertz CT molecular complexity index is 1480. The summed E-state index contributed by atoms with van der Waals surface area (Å²) in [5, 5.41) is 13.1. The molecule has 0 saturated heterocycles. The summed E-state index contributed by atoms with van der Waals surface area (Å²) in [6, 6.07) is 5.43. The number of halogens is 7. The van der Waals surface area contributed by atoms with Crippen molar-refractivity contribution in [3.8, 4) is 0 Å². The zero-order valence-corrected chi connectivity index (χ0v) is 26.0. The van der Waals surface area contributed by atoms with Gasteiger partial charge in [-0.25, -0.2) is 20.6 Å². The molecule has 1 aromatic heterocycles. The summed E-state index contributed by atoms with van der Waals surface area (Å²) in [5.41, 5.74) is 9.16. The summed E-state index contributed by atoms with van der Waals surface area (Å²) >= 11 is 0. The predicted octanol–water partition coefficient (Wildman–Crippen LogP) is 5.59. The van der Waals surface area contributed by atoms with Gasteiger partial charge in [0.05, 0.1) is 23.5 Å². The molecule has 6 N–H and O–H groups in total. The second-order valence-electron chi connectivity index (χ2n) is 10.4. The minimum atomic E-state index is -6.54. The number of amides is 1. The Morgan fingerprint density at radius 1 is 1.20 bits per heavy atom. The van der Waals surface area contributed by atoms with Gasteiger partial charge in [-0.3, -0.25) is 4.79 Å². The van der Waals surface area contributed by atoms with Gasteiger partial charge in [-0.05, 0) is 56.0 Å². The second-order valence-corrected chi connectivity index (χ2v) is 10.4. The number of hydrogen-bond donors (Lipinski definition) is 4. The van der Waals surface area contributed by atoms with Gasteiger partial charge < -0.3 is 16.4 Å². The Labute approximate surface area is 262 Å². The minimum absolute atomic E-state index is 0.00185. The van der Waals surface area contributed by atoms with Crippen molar-refractivity contribution in [3.63, 3.8) is 0 Å². The first kappa shape index (κ1) is 37.8. The number of aryl methyl sites for hydroxylation is 2. The number of nitrogens with one attached hydrogen (secondary N) is 2. The molecule has 1 amide bonds. The Morgan fingerprint density at radius 3 is 2.39 bits per heavy atom. The van der Waals surface area contributed by atoms with Crippen LogP contribution in [-0.4, -0.2) is 64.1 Å². The number of benzene rings is 1. The summed E-state index contributed by atoms with van der Waals surface area (Å²) in [4.78, 5) is 16.2. The van der Waals surface area contributed by atoms with E-state index >= 15 is 0 Å². The van der Waals surface area contributed by atoms with E-state index in [1.54, 1.807) is 6.20 Å². The molecule has 0 radical (unpaired) electrons. The highest BCUT2D eigenvalue weighted by Crippen LogP contribution is 2.46. The van der Waals surface area contributed by atoms with E-state index in [1.165, 1.54) is 16.8 Å². The average molecular weight is 662 g/mol. The van der Waals surface area contributed by atoms with Gasteiger partial charge in [-0.1, -0.05) is 32.6 Å². The van der Waals surface area contributed by atoms with E-state index < -0.39 is 30.4 Å². The molecular formula is C29H38F7N9O. The number of alkyl halides is 7. The molecule has 10 nitrogen and oxygen atoms in total. The van der Waals surface area contributed by atoms with Crippen LogP contribution in [0.1, 0.15) is 59.6 Å². The highest BCUT2D eigenvalue weighted by molar-refractivity contribution is 6.00. The fraction of sp³-hybridized carbons (Fsp3) is 0.448. The van der Waals surface area contributed by atoms with Crippen molar-refractivity contribution in [2.24, 2.45) is 27.6 Å². The van der Waals surface area contributed by atoms with Gasteiger partial charge in [-0.2, -0.15) is 35.8 Å². The number of aromatic nitrogens is 2. The van der Waals surface area contributed by atoms with E-state index in [0.717, 1.165) is 35.3 Å². The van der Waals surface area contributed by atoms with Crippen LogP contribution < -0.4 is 22.2 Å². The van der Waals surface area contributed by atoms with Crippen LogP contribution in [0.2, 0.25) is 0 Å². The smallest absolute Gasteiger partial charge is 0.387 e. The number of hydrazone groups is 1. The number of amidine groups is 1. The molecule has 0 bridgehead atoms. The fourth-order valence-electron chi connectivity index (χ4n) is 4.30. The minimum Gasteiger partial charge on any atom is -0.387 e. The summed E-state index contributed by atoms with van der Waals surface area (Å²) in [6.45, 7) is 11.8. The van der Waals surface area contributed by atoms with Crippen molar-refractivity contribution in [2.75, 3.05) is 18.9 Å². The Morgan fingerprint density at radius 2 is 1.85 bits per heavy atom. The number of carbonyl (C=O) groups is 1. The molecule has 0 spiro atoms. The number of rotatable bonds is 10. The third kappa shape index (κ3) is 8.64. The molecule has 2 heterocycles. The molecule has 0 aliphatic carbocycles. The topological polar surface area (TPSA) is 139 Å². The van der Waals surface area contributed by atoms with Crippen molar-refractivity contribution in [1.29, 1.82) is 0 Å². The summed E-state index contributed by atoms with van der Waals surface area (Å²) in [7, 11) is 1.84. The summed E-state index contributed by atoms with van der Waals surface area (Å²) < 4.78 is 91.3. The second kappa shape index (κ2) is 15.2. The quantitative estimate of drug-likeness (QED) is 0.0861. The average Bonchev–Trinajstić information content (AvgIpc) is 3.37. The van der Waals surface area contributed by atoms with Crippen LogP contribution >= 0.6 is 0 Å². The lowest BCUT2D eigenvalue weighted by Crippen LogP contribution is -2.59. The van der Waals surface area contributed by atoms with Gasteiger partial charge in [0.15, 0.2) is 5.84 Å². The first-order valence-corrected chi connectivity index (χ1v) is 14.0. The van der Waals surface area contributed by atoms with Crippen molar-refractivity contribution in [1.82, 2.24) is 20.2 Å². The molecule has 254 valence electrons. The molecule has 1 aromatic carbocycles. The predicted molar refractivity (Wildman–Crippen MR) is 163 cm³/mol. The zero-order valence-electron chi connectivity index (χ0n) is 26.0. The van der Waals surface area contributed by atoms with Crippen LogP contribution in [-0.2, 0) is 6.54 Å². The summed E-state index contributed by atoms with van der Waals surface area (Å²) in [5.74, 6) is -8.65. The third-order valence-electron chi connectivity index (χ3n) is 6.60. The largest absolute Gasteiger partial charge is 0.460 e. The Kier molecular flexibility index (Phi) is 12.5. The van der Waals surface area contributed by atoms with Gasteiger partial charge in [0.25, 0.3) is 5.91 Å². The highest BCUT2D eigenvalue weighted by Gasteiger charge is 2.75. The standard InChI is InChI=1S/C16H18F7N7.C13H20N2O/c1-3-11-7-10(27-30(11)12-9(2)5-4-6-26-12)8-29(25)28-13(24)14(17,18)15(19,20)16(21,22)23;1-5-6-15-13(16)11-8-9(2)7-10(3)12(11)14-4/h3-4,6-7,9H,1,5,8,25H2,2H3,(H2,24,28);7-8,14H,5-6H2,1-4H3,(H,15,16). The Hall–Kier alpha value is -4.41. The molecule has 1 unspecified atom stereocenters. The number of hydrogen-bond acceptors (Lipinski definition) is 7. The maximum Gasteiger partial charge on any atom is 0.460 e. The van der Waals surface area contributed by atoms with E-state index in [-0.39, 0.29) is 22.6 Å². The van der Waals surface area contributed by atoms with Gasteiger partial charge in [0, 0.05) is 31.4 Å². The number of nitrogens with two attached hydrogens (primary N) is 2. The molecule has 0 saturated carbocycles. The van der Waals surface area contributed by atoms with E-state index in [1.807, 2.05) is 46.9 Å². The molecule has 3 rings (SSSR count). The van der Waals surface area contributed by atoms with E-state index in [4.69, 9.17) is 11.6 Å². The molecular weight excluding hydrogens is 623 g/mol. The molecule has 46 heavy (non-hydrogen) atoms. The van der Waals surface area contributed by atoms with Crippen LogP contribution in [0.5, 0.6) is 0 Å². The first-order valence-electron chi connectivity index (χ1n) is 14.0. The third-order valence-corrected chi connectivity index (χ3v) is 6.60. The molecule has 2 aromatic rings. The molecule has 1 aliphatic heterocycles. The zero-order chi connectivity index (χ0) is 35.0. The molecule has 17 heteroatoms. The van der Waals surface area contributed by atoms with E-state index in [2.05, 4.69) is 38.5 Å². The van der Waals surface area contributed by atoms with Crippen LogP contribution in [0, 0.1) is 19.8 Å². The van der Waals surface area contributed by atoms with Crippen LogP contribution in [0.15, 0.2) is 47.1 Å². The van der Waals surface area contributed by atoms with Gasteiger partial charge in [0.1, 0.15) is 5.84 Å². The SMILES string of the molecule is C=Cc1cc(CN(N)/N=C(\N)C(F)(F)C(F)(F)C(F)(F)F)nn1C1=NC=CCC1C.CCCNC(=O)c1cc(C)cc(C)c1NC. The first-order chi connectivity index (χ1) is 21.3. The van der Waals surface area contributed by atoms with Crippen molar-refractivity contribution < 1.29 is 35.5 Å². The highest BCUT2D eigenvalue weighted by atomic mass is 19.4. The van der Waals surface area contributed by atoms with Crippen LogP contribution in [0.4, 0.5) is 36.4 Å². The number of nitrogens with zero attached hydrogens (tertiary/aromatic N) is 5. The van der Waals surface area contributed by atoms with Gasteiger partial charge in [-0.15, -0.1) is 5.10 Å². The molecule has 1 atom stereocenters. The van der Waals surface area contributed by atoms with Crippen LogP contribution in [0.25, 0.3) is 6.08 Å². The lowest BCUT2D eigenvalue weighted by atomic mass is 10.0. The van der Waals surface area contributed by atoms with Gasteiger partial charge >= 0.3 is 18.0 Å². The Balaban J connectivity index is 0.000000387. The van der Waals surface area contributed by atoms with Crippen LogP contribution in [0.3, 0.4) is 0 Å². The van der Waals surface area contributed by atoms with E-state index in [0.29, 0.717) is 18.0 Å². The lowest BCUT2D eigenvalue weighted by Gasteiger charge is -2.28. The van der Waals surface area contributed by atoms with Crippen molar-refractivity contribution in [3.05, 3.63) is 65.1 Å². The fourth-order valence-corrected chi connectivity index (χ4v) is 4.30. The number of aliphatic imine (C=N–C) groups is 1. The van der Waals surface area contributed by atoms with Gasteiger partial charge in [0.2, 0.25) is 0 Å². The number of carbonyl (C=O) groups excluding carboxylic acids is 1. The maximum absolute atomic E-state index is 13.5. The van der Waals surface area contributed by atoms with Crippen molar-refractivity contribution in [2.45, 2.75) is 65.1 Å². The monoisotopic (exact) mass is 661 g/mol.